The van der Waals surface area contributed by atoms with Crippen LogP contribution in [0.2, 0.25) is 5.02 Å². The van der Waals surface area contributed by atoms with E-state index in [1.165, 1.54) is 12.1 Å². The van der Waals surface area contributed by atoms with Crippen molar-refractivity contribution in [3.8, 4) is 17.6 Å². The summed E-state index contributed by atoms with van der Waals surface area (Å²) in [5, 5.41) is 0.102. The van der Waals surface area contributed by atoms with Gasteiger partial charge in [-0.05, 0) is 19.1 Å². The second-order valence-corrected chi connectivity index (χ2v) is 3.01. The summed E-state index contributed by atoms with van der Waals surface area (Å²) >= 11 is 5.51. The molecule has 0 aromatic heterocycles. The maximum atomic E-state index is 12.9. The molecule has 1 aromatic rings. The Morgan fingerprint density at radius 3 is 2.93 bits per heavy atom. The van der Waals surface area contributed by atoms with Crippen LogP contribution in [0.1, 0.15) is 13.3 Å². The van der Waals surface area contributed by atoms with Crippen molar-refractivity contribution in [1.82, 2.24) is 0 Å². The molecule has 1 rings (SSSR count). The van der Waals surface area contributed by atoms with Gasteiger partial charge in [0.2, 0.25) is 0 Å². The minimum absolute atomic E-state index is 0.102. The van der Waals surface area contributed by atoms with Crippen LogP contribution in [0.15, 0.2) is 18.2 Å². The largest absolute Gasteiger partial charge is 0.492 e. The van der Waals surface area contributed by atoms with E-state index in [1.807, 2.05) is 0 Å². The highest BCUT2D eigenvalue weighted by molar-refractivity contribution is 6.30. The van der Waals surface area contributed by atoms with Gasteiger partial charge in [0.15, 0.2) is 0 Å². The molecule has 0 aliphatic rings. The second kappa shape index (κ2) is 5.51. The van der Waals surface area contributed by atoms with Gasteiger partial charge in [0.1, 0.15) is 11.6 Å². The minimum atomic E-state index is -0.467. The summed E-state index contributed by atoms with van der Waals surface area (Å²) in [7, 11) is 0. The third kappa shape index (κ3) is 3.27. The monoisotopic (exact) mass is 212 g/mol. The van der Waals surface area contributed by atoms with Crippen LogP contribution in [0.25, 0.3) is 0 Å². The van der Waals surface area contributed by atoms with Crippen molar-refractivity contribution in [3.63, 3.8) is 0 Å². The lowest BCUT2D eigenvalue weighted by molar-refractivity contribution is 0.325. The zero-order valence-corrected chi connectivity index (χ0v) is 8.57. The van der Waals surface area contributed by atoms with E-state index in [9.17, 15) is 4.39 Å². The van der Waals surface area contributed by atoms with Gasteiger partial charge in [-0.25, -0.2) is 4.39 Å². The van der Waals surface area contributed by atoms with Gasteiger partial charge in [-0.1, -0.05) is 11.6 Å². The van der Waals surface area contributed by atoms with E-state index < -0.39 is 5.82 Å². The van der Waals surface area contributed by atoms with Crippen LogP contribution in [-0.4, -0.2) is 6.61 Å². The van der Waals surface area contributed by atoms with Crippen molar-refractivity contribution < 1.29 is 9.13 Å². The molecule has 0 unspecified atom stereocenters. The fourth-order valence-corrected chi connectivity index (χ4v) is 1.03. The van der Waals surface area contributed by atoms with Gasteiger partial charge >= 0.3 is 0 Å². The predicted molar refractivity (Wildman–Crippen MR) is 55.0 cm³/mol. The Morgan fingerprint density at radius 1 is 1.50 bits per heavy atom. The van der Waals surface area contributed by atoms with Crippen molar-refractivity contribution in [2.45, 2.75) is 13.3 Å². The van der Waals surface area contributed by atoms with E-state index in [-0.39, 0.29) is 5.02 Å². The van der Waals surface area contributed by atoms with Gasteiger partial charge in [-0.3, -0.25) is 0 Å². The van der Waals surface area contributed by atoms with Gasteiger partial charge < -0.3 is 4.74 Å². The summed E-state index contributed by atoms with van der Waals surface area (Å²) in [6, 6.07) is 4.37. The van der Waals surface area contributed by atoms with E-state index in [4.69, 9.17) is 16.3 Å². The van der Waals surface area contributed by atoms with Crippen LogP contribution in [-0.2, 0) is 0 Å². The Kier molecular flexibility index (Phi) is 4.28. The summed E-state index contributed by atoms with van der Waals surface area (Å²) in [5.41, 5.74) is 0. The first kappa shape index (κ1) is 10.9. The molecule has 0 atom stereocenters. The molecule has 0 amide bonds. The molecular formula is C11H10ClFO. The highest BCUT2D eigenvalue weighted by Crippen LogP contribution is 2.20. The van der Waals surface area contributed by atoms with Crippen molar-refractivity contribution >= 4 is 11.6 Å². The minimum Gasteiger partial charge on any atom is -0.492 e. The van der Waals surface area contributed by atoms with E-state index in [0.29, 0.717) is 18.8 Å². The molecule has 0 N–H and O–H groups in total. The fourth-order valence-electron chi connectivity index (χ4n) is 0.912. The molecule has 0 heterocycles. The second-order valence-electron chi connectivity index (χ2n) is 2.60. The topological polar surface area (TPSA) is 9.23 Å². The van der Waals surface area contributed by atoms with E-state index in [2.05, 4.69) is 11.8 Å². The van der Waals surface area contributed by atoms with Gasteiger partial charge in [-0.15, -0.1) is 11.8 Å². The molecule has 0 bridgehead atoms. The molecule has 0 fully saturated rings. The molecule has 0 saturated heterocycles. The van der Waals surface area contributed by atoms with Gasteiger partial charge in [0, 0.05) is 12.5 Å². The summed E-state index contributed by atoms with van der Waals surface area (Å²) in [6.07, 6.45) is 0.640. The molecule has 14 heavy (non-hydrogen) atoms. The fraction of sp³-hybridized carbons (Fsp3) is 0.273. The Morgan fingerprint density at radius 2 is 2.29 bits per heavy atom. The molecular weight excluding hydrogens is 203 g/mol. The molecule has 1 aromatic carbocycles. The molecule has 74 valence electrons. The third-order valence-electron chi connectivity index (χ3n) is 1.56. The normalized spacial score (nSPS) is 9.07. The van der Waals surface area contributed by atoms with Crippen molar-refractivity contribution in [1.29, 1.82) is 0 Å². The maximum absolute atomic E-state index is 12.9. The number of rotatable bonds is 3. The molecule has 3 heteroatoms. The molecule has 1 nitrogen and oxygen atoms in total. The summed E-state index contributed by atoms with van der Waals surface area (Å²) in [6.45, 7) is 2.23. The van der Waals surface area contributed by atoms with E-state index >= 15 is 0 Å². The average molecular weight is 213 g/mol. The highest BCUT2D eigenvalue weighted by Gasteiger charge is 2.00. The van der Waals surface area contributed by atoms with Crippen molar-refractivity contribution in [2.24, 2.45) is 0 Å². The first-order valence-electron chi connectivity index (χ1n) is 4.21. The Bertz CT molecular complexity index is 365. The molecule has 0 spiro atoms. The molecule has 0 aliphatic carbocycles. The van der Waals surface area contributed by atoms with Crippen LogP contribution in [0.5, 0.6) is 5.75 Å². The molecule has 0 aliphatic heterocycles. The maximum Gasteiger partial charge on any atom is 0.145 e. The van der Waals surface area contributed by atoms with Crippen LogP contribution in [0.4, 0.5) is 4.39 Å². The first-order valence-corrected chi connectivity index (χ1v) is 4.59. The first-order chi connectivity index (χ1) is 6.74. The standard InChI is InChI=1S/C11H10ClFO/c1-2-3-4-7-14-9-5-6-10(12)11(13)8-9/h5-6,8H,4,7H2,1H3. The SMILES string of the molecule is CC#CCCOc1ccc(Cl)c(F)c1. The third-order valence-corrected chi connectivity index (χ3v) is 1.87. The lowest BCUT2D eigenvalue weighted by atomic mass is 10.3. The van der Waals surface area contributed by atoms with Gasteiger partial charge in [0.05, 0.1) is 11.6 Å². The smallest absolute Gasteiger partial charge is 0.145 e. The average Bonchev–Trinajstić information content (AvgIpc) is 2.18. The zero-order chi connectivity index (χ0) is 10.4. The van der Waals surface area contributed by atoms with Gasteiger partial charge in [-0.2, -0.15) is 0 Å². The summed E-state index contributed by atoms with van der Waals surface area (Å²) < 4.78 is 18.2. The number of halogens is 2. The van der Waals surface area contributed by atoms with Gasteiger partial charge in [0.25, 0.3) is 0 Å². The Balaban J connectivity index is 2.50. The Labute approximate surface area is 87.8 Å². The van der Waals surface area contributed by atoms with Crippen molar-refractivity contribution in [3.05, 3.63) is 29.0 Å². The number of hydrogen-bond acceptors (Lipinski definition) is 1. The quantitative estimate of drug-likeness (QED) is 0.552. The molecule has 0 radical (unpaired) electrons. The van der Waals surface area contributed by atoms with E-state index in [1.54, 1.807) is 13.0 Å². The summed E-state index contributed by atoms with van der Waals surface area (Å²) in [4.78, 5) is 0. The van der Waals surface area contributed by atoms with Crippen LogP contribution in [0, 0.1) is 17.7 Å². The summed E-state index contributed by atoms with van der Waals surface area (Å²) in [5.74, 6) is 5.61. The highest BCUT2D eigenvalue weighted by atomic mass is 35.5. The zero-order valence-electron chi connectivity index (χ0n) is 7.81. The van der Waals surface area contributed by atoms with E-state index in [0.717, 1.165) is 0 Å². The predicted octanol–water partition coefficient (Wildman–Crippen LogP) is 3.27. The Hall–Kier alpha value is -1.20. The number of benzene rings is 1. The van der Waals surface area contributed by atoms with Crippen molar-refractivity contribution in [2.75, 3.05) is 6.61 Å². The van der Waals surface area contributed by atoms with Crippen LogP contribution < -0.4 is 4.74 Å². The molecule has 0 saturated carbocycles. The lowest BCUT2D eigenvalue weighted by Crippen LogP contribution is -1.96. The number of hydrogen-bond donors (Lipinski definition) is 0. The lowest BCUT2D eigenvalue weighted by Gasteiger charge is -2.03. The van der Waals surface area contributed by atoms with Crippen LogP contribution >= 0.6 is 11.6 Å². The number of ether oxygens (including phenoxy) is 1. The van der Waals surface area contributed by atoms with Crippen LogP contribution in [0.3, 0.4) is 0 Å².